The lowest BCUT2D eigenvalue weighted by molar-refractivity contribution is 0.391. The van der Waals surface area contributed by atoms with Crippen LogP contribution in [-0.4, -0.2) is 42.4 Å². The summed E-state index contributed by atoms with van der Waals surface area (Å²) in [7, 11) is 0.0684. The molecule has 2 heterocycles. The van der Waals surface area contributed by atoms with Gasteiger partial charge in [-0.05, 0) is 36.8 Å². The summed E-state index contributed by atoms with van der Waals surface area (Å²) in [6, 6.07) is 8.89. The SMILES string of the molecule is COc1cccc(OC)c1-n1c(N[SH](=O)=O)nnc1-c1cc(C)ccn1. The van der Waals surface area contributed by atoms with Crippen molar-refractivity contribution in [3.63, 3.8) is 0 Å². The van der Waals surface area contributed by atoms with Crippen LogP contribution >= 0.6 is 0 Å². The topological polar surface area (TPSA) is 108 Å². The number of hydrogen-bond acceptors (Lipinski definition) is 7. The highest BCUT2D eigenvalue weighted by atomic mass is 32.2. The Kier molecular flexibility index (Phi) is 5.03. The molecule has 0 aliphatic heterocycles. The van der Waals surface area contributed by atoms with Gasteiger partial charge in [-0.2, -0.15) is 0 Å². The zero-order valence-electron chi connectivity index (χ0n) is 14.3. The second kappa shape index (κ2) is 7.40. The highest BCUT2D eigenvalue weighted by Crippen LogP contribution is 2.37. The van der Waals surface area contributed by atoms with Gasteiger partial charge in [0.15, 0.2) is 5.82 Å². The van der Waals surface area contributed by atoms with E-state index < -0.39 is 10.9 Å². The number of nitrogens with one attached hydrogen (secondary N) is 1. The first-order valence-electron chi connectivity index (χ1n) is 7.56. The molecule has 9 nitrogen and oxygen atoms in total. The molecule has 0 radical (unpaired) electrons. The Bertz CT molecular complexity index is 985. The van der Waals surface area contributed by atoms with Crippen LogP contribution in [-0.2, 0) is 10.9 Å². The Morgan fingerprint density at radius 3 is 2.35 bits per heavy atom. The van der Waals surface area contributed by atoms with Crippen LogP contribution in [0.3, 0.4) is 0 Å². The van der Waals surface area contributed by atoms with E-state index in [1.165, 1.54) is 18.8 Å². The van der Waals surface area contributed by atoms with E-state index in [9.17, 15) is 8.42 Å². The molecule has 136 valence electrons. The van der Waals surface area contributed by atoms with Crippen LogP contribution < -0.4 is 14.2 Å². The minimum Gasteiger partial charge on any atom is -0.494 e. The van der Waals surface area contributed by atoms with Gasteiger partial charge in [0.1, 0.15) is 22.9 Å². The monoisotopic (exact) mass is 375 g/mol. The minimum atomic E-state index is -2.95. The quantitative estimate of drug-likeness (QED) is 0.630. The van der Waals surface area contributed by atoms with E-state index >= 15 is 0 Å². The zero-order chi connectivity index (χ0) is 18.7. The predicted octanol–water partition coefficient (Wildman–Crippen LogP) is 1.59. The molecule has 26 heavy (non-hydrogen) atoms. The Balaban J connectivity index is 2.34. The van der Waals surface area contributed by atoms with Gasteiger partial charge in [-0.3, -0.25) is 14.3 Å². The molecule has 2 aromatic heterocycles. The Hall–Kier alpha value is -3.14. The maximum Gasteiger partial charge on any atom is 0.243 e. The lowest BCUT2D eigenvalue weighted by Crippen LogP contribution is -2.09. The van der Waals surface area contributed by atoms with E-state index in [1.54, 1.807) is 24.4 Å². The van der Waals surface area contributed by atoms with Crippen LogP contribution in [0.5, 0.6) is 11.5 Å². The van der Waals surface area contributed by atoms with Crippen molar-refractivity contribution in [2.24, 2.45) is 0 Å². The van der Waals surface area contributed by atoms with Crippen LogP contribution in [0.2, 0.25) is 0 Å². The summed E-state index contributed by atoms with van der Waals surface area (Å²) in [5.41, 5.74) is 1.96. The van der Waals surface area contributed by atoms with Crippen molar-refractivity contribution in [1.29, 1.82) is 0 Å². The molecule has 1 aromatic carbocycles. The normalized spacial score (nSPS) is 10.8. The van der Waals surface area contributed by atoms with Crippen molar-refractivity contribution >= 4 is 16.8 Å². The van der Waals surface area contributed by atoms with Gasteiger partial charge >= 0.3 is 0 Å². The van der Waals surface area contributed by atoms with Gasteiger partial charge in [0, 0.05) is 6.20 Å². The molecule has 0 aliphatic carbocycles. The lowest BCUT2D eigenvalue weighted by Gasteiger charge is -2.16. The number of thiol groups is 1. The molecule has 0 saturated carbocycles. The van der Waals surface area contributed by atoms with Gasteiger partial charge in [0.25, 0.3) is 0 Å². The molecule has 0 spiro atoms. The Labute approximate surface area is 151 Å². The molecule has 1 N–H and O–H groups in total. The average molecular weight is 375 g/mol. The average Bonchev–Trinajstić information content (AvgIpc) is 3.03. The molecule has 0 fully saturated rings. The van der Waals surface area contributed by atoms with Crippen molar-refractivity contribution in [3.05, 3.63) is 42.1 Å². The summed E-state index contributed by atoms with van der Waals surface area (Å²) < 4.78 is 37.1. The van der Waals surface area contributed by atoms with Gasteiger partial charge in [0.2, 0.25) is 16.8 Å². The van der Waals surface area contributed by atoms with Crippen LogP contribution in [0.4, 0.5) is 5.95 Å². The smallest absolute Gasteiger partial charge is 0.243 e. The third-order valence-electron chi connectivity index (χ3n) is 3.62. The maximum atomic E-state index is 11.2. The number of aryl methyl sites for hydroxylation is 1. The number of anilines is 1. The fourth-order valence-corrected chi connectivity index (χ4v) is 2.83. The summed E-state index contributed by atoms with van der Waals surface area (Å²) >= 11 is 0. The molecule has 0 saturated heterocycles. The number of aromatic nitrogens is 4. The molecule has 10 heteroatoms. The molecular weight excluding hydrogens is 358 g/mol. The lowest BCUT2D eigenvalue weighted by atomic mass is 10.2. The number of hydrogen-bond donors (Lipinski definition) is 2. The van der Waals surface area contributed by atoms with Gasteiger partial charge < -0.3 is 9.47 Å². The number of benzene rings is 1. The number of ether oxygens (including phenoxy) is 2. The minimum absolute atomic E-state index is 0.00205. The van der Waals surface area contributed by atoms with Crippen molar-refractivity contribution in [3.8, 4) is 28.7 Å². The number of pyridine rings is 1. The molecule has 3 rings (SSSR count). The number of para-hydroxylation sites is 1. The Morgan fingerprint density at radius 2 is 1.77 bits per heavy atom. The van der Waals surface area contributed by atoms with E-state index in [0.29, 0.717) is 28.7 Å². The van der Waals surface area contributed by atoms with E-state index in [2.05, 4.69) is 19.9 Å². The standard InChI is InChI=1S/C16H17N5O4S/c1-10-7-8-17-11(9-10)15-18-19-16(20-26(22)23)21(15)14-12(24-2)5-4-6-13(14)25-3/h4-9,26H,1-3H3,(H,19,20,22,23). The summed E-state index contributed by atoms with van der Waals surface area (Å²) in [5, 5.41) is 8.07. The molecule has 0 atom stereocenters. The first-order valence-corrected chi connectivity index (χ1v) is 8.73. The molecule has 0 unspecified atom stereocenters. The first kappa shape index (κ1) is 17.7. The predicted molar refractivity (Wildman–Crippen MR) is 96.4 cm³/mol. The maximum absolute atomic E-state index is 11.2. The summed E-state index contributed by atoms with van der Waals surface area (Å²) in [5.74, 6) is 1.27. The molecule has 0 aliphatic rings. The summed E-state index contributed by atoms with van der Waals surface area (Å²) in [6.07, 6.45) is 1.64. The zero-order valence-corrected chi connectivity index (χ0v) is 15.2. The first-order chi connectivity index (χ1) is 12.5. The number of rotatable bonds is 6. The van der Waals surface area contributed by atoms with Gasteiger partial charge in [-0.15, -0.1) is 10.2 Å². The summed E-state index contributed by atoms with van der Waals surface area (Å²) in [4.78, 5) is 4.32. The van der Waals surface area contributed by atoms with Crippen molar-refractivity contribution in [2.75, 3.05) is 18.9 Å². The number of methoxy groups -OCH3 is 2. The second-order valence-electron chi connectivity index (χ2n) is 5.28. The van der Waals surface area contributed by atoms with Crippen molar-refractivity contribution < 1.29 is 17.9 Å². The van der Waals surface area contributed by atoms with Crippen LogP contribution in [0.15, 0.2) is 36.5 Å². The highest BCUT2D eigenvalue weighted by Gasteiger charge is 2.23. The van der Waals surface area contributed by atoms with Gasteiger partial charge in [-0.1, -0.05) is 6.07 Å². The van der Waals surface area contributed by atoms with Crippen LogP contribution in [0, 0.1) is 6.92 Å². The highest BCUT2D eigenvalue weighted by molar-refractivity contribution is 7.73. The van der Waals surface area contributed by atoms with E-state index in [0.717, 1.165) is 5.56 Å². The van der Waals surface area contributed by atoms with E-state index in [4.69, 9.17) is 9.47 Å². The molecule has 0 bridgehead atoms. The number of nitrogens with zero attached hydrogens (tertiary/aromatic N) is 4. The van der Waals surface area contributed by atoms with E-state index in [-0.39, 0.29) is 5.95 Å². The second-order valence-corrected chi connectivity index (χ2v) is 6.02. The fraction of sp³-hybridized carbons (Fsp3) is 0.188. The van der Waals surface area contributed by atoms with Crippen molar-refractivity contribution in [2.45, 2.75) is 6.92 Å². The fourth-order valence-electron chi connectivity index (χ4n) is 2.53. The van der Waals surface area contributed by atoms with Crippen LogP contribution in [0.1, 0.15) is 5.56 Å². The molecule has 0 amide bonds. The summed E-state index contributed by atoms with van der Waals surface area (Å²) in [6.45, 7) is 1.92. The van der Waals surface area contributed by atoms with E-state index in [1.807, 2.05) is 19.1 Å². The molecule has 3 aromatic rings. The largest absolute Gasteiger partial charge is 0.494 e. The third-order valence-corrected chi connectivity index (χ3v) is 4.01. The third kappa shape index (κ3) is 3.31. The Morgan fingerprint density at radius 1 is 1.08 bits per heavy atom. The van der Waals surface area contributed by atoms with Gasteiger partial charge in [0.05, 0.1) is 14.2 Å². The van der Waals surface area contributed by atoms with Crippen LogP contribution in [0.25, 0.3) is 17.2 Å². The molecular formula is C16H17N5O4S. The van der Waals surface area contributed by atoms with Gasteiger partial charge in [-0.25, -0.2) is 8.42 Å². The van der Waals surface area contributed by atoms with Crippen molar-refractivity contribution in [1.82, 2.24) is 19.7 Å².